The topological polar surface area (TPSA) is 63.6 Å². The molecule has 0 saturated heterocycles. The maximum Gasteiger partial charge on any atom is 0.336 e. The van der Waals surface area contributed by atoms with Crippen LogP contribution in [-0.4, -0.2) is 33.7 Å². The SMILES string of the molecule is COC1CCCC(S(=O)c2ccccc2C(=O)O)C1. The van der Waals surface area contributed by atoms with Crippen LogP contribution in [0.4, 0.5) is 0 Å². The molecule has 1 aliphatic carbocycles. The van der Waals surface area contributed by atoms with Gasteiger partial charge in [-0.3, -0.25) is 4.21 Å². The summed E-state index contributed by atoms with van der Waals surface area (Å²) in [6, 6.07) is 6.54. The molecule has 5 heteroatoms. The Morgan fingerprint density at radius 3 is 2.79 bits per heavy atom. The normalized spacial score (nSPS) is 24.9. The second-order valence-corrected chi connectivity index (χ2v) is 6.45. The van der Waals surface area contributed by atoms with Crippen molar-refractivity contribution in [3.05, 3.63) is 29.8 Å². The van der Waals surface area contributed by atoms with Crippen molar-refractivity contribution in [1.29, 1.82) is 0 Å². The molecule has 1 N–H and O–H groups in total. The third-order valence-electron chi connectivity index (χ3n) is 3.55. The standard InChI is InChI=1S/C14H18O4S/c1-18-10-5-4-6-11(9-10)19(17)13-8-3-2-7-12(13)14(15)16/h2-3,7-8,10-11H,4-6,9H2,1H3,(H,15,16). The van der Waals surface area contributed by atoms with Gasteiger partial charge in [0.1, 0.15) is 0 Å². The minimum atomic E-state index is -1.29. The lowest BCUT2D eigenvalue weighted by atomic mass is 9.97. The van der Waals surface area contributed by atoms with Gasteiger partial charge >= 0.3 is 5.97 Å². The number of benzene rings is 1. The number of hydrogen-bond acceptors (Lipinski definition) is 3. The maximum absolute atomic E-state index is 12.6. The van der Waals surface area contributed by atoms with E-state index in [1.165, 1.54) is 6.07 Å². The summed E-state index contributed by atoms with van der Waals surface area (Å²) in [5, 5.41) is 9.14. The summed E-state index contributed by atoms with van der Waals surface area (Å²) in [5.74, 6) is -1.02. The molecule has 1 saturated carbocycles. The van der Waals surface area contributed by atoms with Crippen LogP contribution >= 0.6 is 0 Å². The van der Waals surface area contributed by atoms with Crippen LogP contribution in [0.1, 0.15) is 36.0 Å². The summed E-state index contributed by atoms with van der Waals surface area (Å²) in [6.07, 6.45) is 3.70. The zero-order valence-corrected chi connectivity index (χ0v) is 11.7. The van der Waals surface area contributed by atoms with E-state index in [0.717, 1.165) is 25.7 Å². The molecule has 0 spiro atoms. The molecule has 3 unspecified atom stereocenters. The van der Waals surface area contributed by atoms with Crippen molar-refractivity contribution in [1.82, 2.24) is 0 Å². The van der Waals surface area contributed by atoms with Crippen molar-refractivity contribution in [3.8, 4) is 0 Å². The molecule has 3 atom stereocenters. The smallest absolute Gasteiger partial charge is 0.336 e. The largest absolute Gasteiger partial charge is 0.478 e. The maximum atomic E-state index is 12.6. The first-order chi connectivity index (χ1) is 9.13. The molecular weight excluding hydrogens is 264 g/mol. The van der Waals surface area contributed by atoms with E-state index in [0.29, 0.717) is 4.90 Å². The number of methoxy groups -OCH3 is 1. The molecule has 0 heterocycles. The molecule has 0 amide bonds. The summed E-state index contributed by atoms with van der Waals surface area (Å²) in [7, 11) is 0.383. The quantitative estimate of drug-likeness (QED) is 0.921. The summed E-state index contributed by atoms with van der Waals surface area (Å²) >= 11 is 0. The van der Waals surface area contributed by atoms with Crippen molar-refractivity contribution in [2.24, 2.45) is 0 Å². The van der Waals surface area contributed by atoms with Crippen LogP contribution in [-0.2, 0) is 15.5 Å². The van der Waals surface area contributed by atoms with Gasteiger partial charge in [0.05, 0.1) is 27.4 Å². The van der Waals surface area contributed by atoms with Crippen LogP contribution < -0.4 is 0 Å². The van der Waals surface area contributed by atoms with Crippen LogP contribution in [0.3, 0.4) is 0 Å². The molecule has 4 nitrogen and oxygen atoms in total. The monoisotopic (exact) mass is 282 g/mol. The van der Waals surface area contributed by atoms with Gasteiger partial charge in [-0.15, -0.1) is 0 Å². The number of ether oxygens (including phenoxy) is 1. The Balaban J connectivity index is 2.22. The fourth-order valence-electron chi connectivity index (χ4n) is 2.51. The summed E-state index contributed by atoms with van der Waals surface area (Å²) < 4.78 is 17.9. The van der Waals surface area contributed by atoms with E-state index in [1.807, 2.05) is 0 Å². The molecule has 1 aromatic carbocycles. The number of hydrogen-bond donors (Lipinski definition) is 1. The van der Waals surface area contributed by atoms with Gasteiger partial charge in [-0.25, -0.2) is 4.79 Å². The first-order valence-corrected chi connectivity index (χ1v) is 7.60. The summed E-state index contributed by atoms with van der Waals surface area (Å²) in [6.45, 7) is 0. The van der Waals surface area contributed by atoms with Gasteiger partial charge in [-0.05, 0) is 37.8 Å². The van der Waals surface area contributed by atoms with E-state index in [-0.39, 0.29) is 16.9 Å². The van der Waals surface area contributed by atoms with Crippen LogP contribution in [0.2, 0.25) is 0 Å². The lowest BCUT2D eigenvalue weighted by Crippen LogP contribution is -2.29. The molecule has 2 rings (SSSR count). The molecule has 0 aromatic heterocycles. The first kappa shape index (κ1) is 14.2. The van der Waals surface area contributed by atoms with E-state index >= 15 is 0 Å². The molecule has 1 aromatic rings. The lowest BCUT2D eigenvalue weighted by molar-refractivity contribution is 0.0692. The summed E-state index contributed by atoms with van der Waals surface area (Å²) in [4.78, 5) is 11.6. The highest BCUT2D eigenvalue weighted by Crippen LogP contribution is 2.28. The van der Waals surface area contributed by atoms with Gasteiger partial charge in [0.2, 0.25) is 0 Å². The minimum Gasteiger partial charge on any atom is -0.478 e. The Kier molecular flexibility index (Phi) is 4.71. The van der Waals surface area contributed by atoms with E-state index < -0.39 is 16.8 Å². The Hall–Kier alpha value is -1.20. The van der Waals surface area contributed by atoms with Gasteiger partial charge in [0.15, 0.2) is 0 Å². The average Bonchev–Trinajstić information content (AvgIpc) is 2.46. The molecule has 104 valence electrons. The molecule has 0 radical (unpaired) electrons. The third-order valence-corrected chi connectivity index (χ3v) is 5.37. The highest BCUT2D eigenvalue weighted by Gasteiger charge is 2.28. The number of carboxylic acid groups (broad SMARTS) is 1. The third kappa shape index (κ3) is 3.22. The van der Waals surface area contributed by atoms with Crippen molar-refractivity contribution in [3.63, 3.8) is 0 Å². The van der Waals surface area contributed by atoms with Crippen LogP contribution in [0.15, 0.2) is 29.2 Å². The van der Waals surface area contributed by atoms with Gasteiger partial charge in [0.25, 0.3) is 0 Å². The van der Waals surface area contributed by atoms with Crippen molar-refractivity contribution >= 4 is 16.8 Å². The Labute approximate surface area is 115 Å². The van der Waals surface area contributed by atoms with Gasteiger partial charge in [-0.1, -0.05) is 12.1 Å². The lowest BCUT2D eigenvalue weighted by Gasteiger charge is -2.27. The fourth-order valence-corrected chi connectivity index (χ4v) is 4.22. The highest BCUT2D eigenvalue weighted by molar-refractivity contribution is 7.85. The van der Waals surface area contributed by atoms with Crippen LogP contribution in [0, 0.1) is 0 Å². The Bertz CT molecular complexity index is 486. The highest BCUT2D eigenvalue weighted by atomic mass is 32.2. The van der Waals surface area contributed by atoms with Gasteiger partial charge in [0, 0.05) is 12.4 Å². The Morgan fingerprint density at radius 2 is 2.11 bits per heavy atom. The first-order valence-electron chi connectivity index (χ1n) is 6.39. The van der Waals surface area contributed by atoms with E-state index in [1.54, 1.807) is 25.3 Å². The predicted molar refractivity (Wildman–Crippen MR) is 72.9 cm³/mol. The second-order valence-electron chi connectivity index (χ2n) is 4.75. The van der Waals surface area contributed by atoms with Crippen LogP contribution in [0.25, 0.3) is 0 Å². The average molecular weight is 282 g/mol. The molecule has 1 aliphatic rings. The molecular formula is C14H18O4S. The minimum absolute atomic E-state index is 0.0146. The Morgan fingerprint density at radius 1 is 1.37 bits per heavy atom. The number of aromatic carboxylic acids is 1. The van der Waals surface area contributed by atoms with Gasteiger partial charge in [-0.2, -0.15) is 0 Å². The van der Waals surface area contributed by atoms with Crippen molar-refractivity contribution in [2.45, 2.75) is 41.9 Å². The number of carboxylic acids is 1. The van der Waals surface area contributed by atoms with Crippen LogP contribution in [0.5, 0.6) is 0 Å². The van der Waals surface area contributed by atoms with E-state index in [4.69, 9.17) is 9.84 Å². The zero-order valence-electron chi connectivity index (χ0n) is 10.9. The predicted octanol–water partition coefficient (Wildman–Crippen LogP) is 2.45. The molecule has 0 aliphatic heterocycles. The number of rotatable bonds is 4. The van der Waals surface area contributed by atoms with Crippen molar-refractivity contribution in [2.75, 3.05) is 7.11 Å². The molecule has 19 heavy (non-hydrogen) atoms. The van der Waals surface area contributed by atoms with E-state index in [2.05, 4.69) is 0 Å². The fraction of sp³-hybridized carbons (Fsp3) is 0.500. The number of carbonyl (C=O) groups is 1. The molecule has 1 fully saturated rings. The molecule has 0 bridgehead atoms. The second kappa shape index (κ2) is 6.30. The summed E-state index contributed by atoms with van der Waals surface area (Å²) in [5.41, 5.74) is 0.139. The van der Waals surface area contributed by atoms with Crippen molar-refractivity contribution < 1.29 is 18.8 Å². The van der Waals surface area contributed by atoms with Gasteiger partial charge < -0.3 is 9.84 Å². The zero-order chi connectivity index (χ0) is 13.8. The van der Waals surface area contributed by atoms with E-state index in [9.17, 15) is 9.00 Å².